The van der Waals surface area contributed by atoms with Gasteiger partial charge in [-0.05, 0) is 62.9 Å². The van der Waals surface area contributed by atoms with Crippen molar-refractivity contribution in [2.24, 2.45) is 5.92 Å². The Bertz CT molecular complexity index is 599. The van der Waals surface area contributed by atoms with Crippen LogP contribution < -0.4 is 5.32 Å². The predicted octanol–water partition coefficient (Wildman–Crippen LogP) is 4.14. The molecule has 1 atom stereocenters. The van der Waals surface area contributed by atoms with Crippen molar-refractivity contribution in [3.05, 3.63) is 28.5 Å². The fraction of sp³-hybridized carbons (Fsp3) is 0.588. The molecule has 3 rings (SSSR count). The van der Waals surface area contributed by atoms with Crippen molar-refractivity contribution in [3.8, 4) is 0 Å². The fourth-order valence-electron chi connectivity index (χ4n) is 3.32. The van der Waals surface area contributed by atoms with E-state index >= 15 is 0 Å². The van der Waals surface area contributed by atoms with Crippen LogP contribution in [0.1, 0.15) is 38.4 Å². The monoisotopic (exact) mass is 349 g/mol. The van der Waals surface area contributed by atoms with Gasteiger partial charge >= 0.3 is 0 Å². The molecule has 21 heavy (non-hydrogen) atoms. The first kappa shape index (κ1) is 15.0. The standard InChI is InChI=1S/C17H24BrN3/c1-2-10-21-16-7-6-14(18)11-15(16)20-17(21)8-5-13-4-3-9-19-12-13/h6-7,11,13,19H,2-5,8-10,12H2,1H3. The van der Waals surface area contributed by atoms with E-state index in [-0.39, 0.29) is 0 Å². The van der Waals surface area contributed by atoms with Crippen molar-refractivity contribution in [2.45, 2.75) is 45.6 Å². The predicted molar refractivity (Wildman–Crippen MR) is 91.6 cm³/mol. The number of fused-ring (bicyclic) bond motifs is 1. The third kappa shape index (κ3) is 3.49. The molecule has 0 aliphatic carbocycles. The smallest absolute Gasteiger partial charge is 0.109 e. The Kier molecular flexibility index (Phi) is 4.96. The number of imidazole rings is 1. The van der Waals surface area contributed by atoms with E-state index < -0.39 is 0 Å². The highest BCUT2D eigenvalue weighted by Crippen LogP contribution is 2.23. The van der Waals surface area contributed by atoms with Crippen LogP contribution in [0.4, 0.5) is 0 Å². The van der Waals surface area contributed by atoms with Gasteiger partial charge < -0.3 is 9.88 Å². The van der Waals surface area contributed by atoms with E-state index in [1.807, 2.05) is 0 Å². The number of nitrogens with one attached hydrogen (secondary N) is 1. The number of rotatable bonds is 5. The lowest BCUT2D eigenvalue weighted by atomic mass is 9.94. The number of benzene rings is 1. The molecular weight excluding hydrogens is 326 g/mol. The van der Waals surface area contributed by atoms with Gasteiger partial charge in [0.2, 0.25) is 0 Å². The van der Waals surface area contributed by atoms with Crippen LogP contribution >= 0.6 is 15.9 Å². The summed E-state index contributed by atoms with van der Waals surface area (Å²) in [5.74, 6) is 2.08. The number of hydrogen-bond acceptors (Lipinski definition) is 2. The van der Waals surface area contributed by atoms with Gasteiger partial charge in [0.25, 0.3) is 0 Å². The van der Waals surface area contributed by atoms with Crippen molar-refractivity contribution >= 4 is 27.0 Å². The van der Waals surface area contributed by atoms with Crippen LogP contribution in [0.15, 0.2) is 22.7 Å². The molecule has 0 saturated carbocycles. The molecule has 0 radical (unpaired) electrons. The number of nitrogens with zero attached hydrogens (tertiary/aromatic N) is 2. The number of halogens is 1. The molecular formula is C17H24BrN3. The van der Waals surface area contributed by atoms with Crippen LogP contribution in [-0.2, 0) is 13.0 Å². The zero-order chi connectivity index (χ0) is 14.7. The first-order valence-electron chi connectivity index (χ1n) is 8.13. The van der Waals surface area contributed by atoms with E-state index in [1.165, 1.54) is 43.7 Å². The lowest BCUT2D eigenvalue weighted by Crippen LogP contribution is -2.30. The number of piperidine rings is 1. The molecule has 1 aliphatic heterocycles. The second-order valence-electron chi connectivity index (χ2n) is 6.06. The van der Waals surface area contributed by atoms with E-state index in [4.69, 9.17) is 4.98 Å². The van der Waals surface area contributed by atoms with Gasteiger partial charge in [0.05, 0.1) is 11.0 Å². The maximum atomic E-state index is 4.89. The molecule has 0 bridgehead atoms. The van der Waals surface area contributed by atoms with Gasteiger partial charge in [0.15, 0.2) is 0 Å². The molecule has 1 N–H and O–H groups in total. The molecule has 1 unspecified atom stereocenters. The first-order chi connectivity index (χ1) is 10.3. The van der Waals surface area contributed by atoms with Gasteiger partial charge in [-0.1, -0.05) is 22.9 Å². The van der Waals surface area contributed by atoms with Crippen LogP contribution in [0.2, 0.25) is 0 Å². The molecule has 1 saturated heterocycles. The van der Waals surface area contributed by atoms with Gasteiger partial charge in [0.1, 0.15) is 5.82 Å². The zero-order valence-corrected chi connectivity index (χ0v) is 14.3. The molecule has 1 aliphatic rings. The van der Waals surface area contributed by atoms with E-state index in [0.29, 0.717) is 0 Å². The average molecular weight is 350 g/mol. The van der Waals surface area contributed by atoms with Crippen LogP contribution in [0.25, 0.3) is 11.0 Å². The minimum Gasteiger partial charge on any atom is -0.328 e. The normalized spacial score (nSPS) is 19.2. The fourth-order valence-corrected chi connectivity index (χ4v) is 3.67. The Labute approximate surface area is 135 Å². The molecule has 0 amide bonds. The molecule has 114 valence electrons. The third-order valence-electron chi connectivity index (χ3n) is 4.41. The molecule has 1 aromatic carbocycles. The summed E-state index contributed by atoms with van der Waals surface area (Å²) in [6, 6.07) is 6.44. The van der Waals surface area contributed by atoms with Gasteiger partial charge in [-0.3, -0.25) is 0 Å². The molecule has 4 heteroatoms. The molecule has 2 heterocycles. The first-order valence-corrected chi connectivity index (χ1v) is 8.92. The number of aromatic nitrogens is 2. The number of aryl methyl sites for hydroxylation is 2. The average Bonchev–Trinajstić information content (AvgIpc) is 2.84. The maximum absolute atomic E-state index is 4.89. The topological polar surface area (TPSA) is 29.9 Å². The summed E-state index contributed by atoms with van der Waals surface area (Å²) in [5.41, 5.74) is 2.39. The summed E-state index contributed by atoms with van der Waals surface area (Å²) in [5, 5.41) is 3.51. The van der Waals surface area contributed by atoms with Crippen molar-refractivity contribution in [1.29, 1.82) is 0 Å². The quantitative estimate of drug-likeness (QED) is 0.878. The van der Waals surface area contributed by atoms with Crippen molar-refractivity contribution in [3.63, 3.8) is 0 Å². The van der Waals surface area contributed by atoms with Crippen LogP contribution in [0.3, 0.4) is 0 Å². The summed E-state index contributed by atoms with van der Waals surface area (Å²) in [7, 11) is 0. The van der Waals surface area contributed by atoms with Gasteiger partial charge in [-0.2, -0.15) is 0 Å². The Hall–Kier alpha value is -0.870. The molecule has 3 nitrogen and oxygen atoms in total. The highest BCUT2D eigenvalue weighted by molar-refractivity contribution is 9.10. The second-order valence-corrected chi connectivity index (χ2v) is 6.98. The highest BCUT2D eigenvalue weighted by atomic mass is 79.9. The summed E-state index contributed by atoms with van der Waals surface area (Å²) in [6.45, 7) is 5.67. The highest BCUT2D eigenvalue weighted by Gasteiger charge is 2.16. The lowest BCUT2D eigenvalue weighted by molar-refractivity contribution is 0.354. The minimum atomic E-state index is 0.820. The molecule has 0 spiro atoms. The molecule has 2 aromatic rings. The zero-order valence-electron chi connectivity index (χ0n) is 12.7. The van der Waals surface area contributed by atoms with Gasteiger partial charge in [0, 0.05) is 17.4 Å². The van der Waals surface area contributed by atoms with Crippen LogP contribution in [0, 0.1) is 5.92 Å². The van der Waals surface area contributed by atoms with Gasteiger partial charge in [-0.25, -0.2) is 4.98 Å². The van der Waals surface area contributed by atoms with Crippen LogP contribution in [-0.4, -0.2) is 22.6 Å². The minimum absolute atomic E-state index is 0.820. The molecule has 1 fully saturated rings. The van der Waals surface area contributed by atoms with E-state index in [2.05, 4.69) is 50.9 Å². The Morgan fingerprint density at radius 2 is 2.33 bits per heavy atom. The summed E-state index contributed by atoms with van der Waals surface area (Å²) in [6.07, 6.45) is 6.19. The SMILES string of the molecule is CCCn1c(CCC2CCCNC2)nc2cc(Br)ccc21. The Morgan fingerprint density at radius 1 is 1.43 bits per heavy atom. The summed E-state index contributed by atoms with van der Waals surface area (Å²) < 4.78 is 3.53. The van der Waals surface area contributed by atoms with Crippen molar-refractivity contribution in [1.82, 2.24) is 14.9 Å². The summed E-state index contributed by atoms with van der Waals surface area (Å²) in [4.78, 5) is 4.89. The Morgan fingerprint density at radius 3 is 3.10 bits per heavy atom. The van der Waals surface area contributed by atoms with Crippen molar-refractivity contribution < 1.29 is 0 Å². The van der Waals surface area contributed by atoms with E-state index in [0.717, 1.165) is 35.3 Å². The van der Waals surface area contributed by atoms with Gasteiger partial charge in [-0.15, -0.1) is 0 Å². The number of hydrogen-bond donors (Lipinski definition) is 1. The van der Waals surface area contributed by atoms with Crippen LogP contribution in [0.5, 0.6) is 0 Å². The summed E-state index contributed by atoms with van der Waals surface area (Å²) >= 11 is 3.55. The van der Waals surface area contributed by atoms with E-state index in [9.17, 15) is 0 Å². The lowest BCUT2D eigenvalue weighted by Gasteiger charge is -2.22. The second kappa shape index (κ2) is 6.93. The largest absolute Gasteiger partial charge is 0.328 e. The molecule has 1 aromatic heterocycles. The Balaban J connectivity index is 1.80. The van der Waals surface area contributed by atoms with E-state index in [1.54, 1.807) is 0 Å². The van der Waals surface area contributed by atoms with Crippen molar-refractivity contribution in [2.75, 3.05) is 13.1 Å². The third-order valence-corrected chi connectivity index (χ3v) is 4.90. The maximum Gasteiger partial charge on any atom is 0.109 e.